The lowest BCUT2D eigenvalue weighted by molar-refractivity contribution is 0.0372. The van der Waals surface area contributed by atoms with Crippen molar-refractivity contribution in [3.8, 4) is 5.75 Å². The number of hydrogen-bond donors (Lipinski definition) is 2. The number of ether oxygens (including phenoxy) is 1. The average Bonchev–Trinajstić information content (AvgIpc) is 3.12. The van der Waals surface area contributed by atoms with Crippen LogP contribution in [0.5, 0.6) is 5.75 Å². The Kier molecular flexibility index (Phi) is 7.71. The first kappa shape index (κ1) is 25.4. The maximum Gasteiger partial charge on any atom is 0.321 e. The van der Waals surface area contributed by atoms with Crippen LogP contribution >= 0.6 is 0 Å². The minimum atomic E-state index is -0.401. The van der Waals surface area contributed by atoms with E-state index >= 15 is 0 Å². The molecular weight excluding hydrogens is 438 g/mol. The molecule has 1 aliphatic rings. The van der Waals surface area contributed by atoms with E-state index in [1.54, 1.807) is 36.8 Å². The van der Waals surface area contributed by atoms with Gasteiger partial charge in [0.05, 0.1) is 30.4 Å². The molecule has 1 aliphatic heterocycles. The minimum Gasteiger partial charge on any atom is -0.485 e. The van der Waals surface area contributed by atoms with Crippen LogP contribution < -0.4 is 15.0 Å². The number of fused-ring (bicyclic) bond motifs is 1. The standard InChI is InChI=1S/C24H35N5O5/c1-14-11-29(15(2)13-30)23(31)18-9-8-10-19(27(5)6)22(18)33-20(14)12-28(7)24(32)25-21-16(3)26-34-17(21)4/h8-10,14-15,20,30H,11-13H2,1-7H3,(H,25,32)/t14-,15+,20+/m0/s1. The summed E-state index contributed by atoms with van der Waals surface area (Å²) in [4.78, 5) is 31.5. The SMILES string of the molecule is Cc1noc(C)c1NC(=O)N(C)C[C@H]1Oc2c(cccc2N(C)C)C(=O)N([C@H](C)CO)C[C@@H]1C. The number of benzene rings is 1. The van der Waals surface area contributed by atoms with E-state index in [9.17, 15) is 14.7 Å². The summed E-state index contributed by atoms with van der Waals surface area (Å²) < 4.78 is 11.6. The van der Waals surface area contributed by atoms with Gasteiger partial charge in [-0.3, -0.25) is 4.79 Å². The van der Waals surface area contributed by atoms with E-state index in [0.29, 0.717) is 35.0 Å². The van der Waals surface area contributed by atoms with E-state index < -0.39 is 6.10 Å². The third-order valence-electron chi connectivity index (χ3n) is 6.22. The monoisotopic (exact) mass is 473 g/mol. The zero-order chi connectivity index (χ0) is 25.2. The van der Waals surface area contributed by atoms with Crippen LogP contribution in [0.4, 0.5) is 16.2 Å². The number of aliphatic hydroxyl groups excluding tert-OH is 1. The molecule has 1 aromatic heterocycles. The molecule has 0 radical (unpaired) electrons. The molecule has 3 rings (SSSR count). The summed E-state index contributed by atoms with van der Waals surface area (Å²) in [5, 5.41) is 16.5. The Morgan fingerprint density at radius 1 is 1.32 bits per heavy atom. The second kappa shape index (κ2) is 10.3. The number of urea groups is 1. The van der Waals surface area contributed by atoms with Gasteiger partial charge in [-0.15, -0.1) is 0 Å². The van der Waals surface area contributed by atoms with Gasteiger partial charge in [0.2, 0.25) is 0 Å². The molecule has 186 valence electrons. The molecule has 2 N–H and O–H groups in total. The molecule has 34 heavy (non-hydrogen) atoms. The number of carbonyl (C=O) groups is 2. The van der Waals surface area contributed by atoms with E-state index in [2.05, 4.69) is 10.5 Å². The molecule has 0 saturated heterocycles. The Morgan fingerprint density at radius 3 is 2.62 bits per heavy atom. The third-order valence-corrected chi connectivity index (χ3v) is 6.22. The van der Waals surface area contributed by atoms with Gasteiger partial charge in [-0.25, -0.2) is 4.79 Å². The molecule has 0 saturated carbocycles. The maximum absolute atomic E-state index is 13.4. The van der Waals surface area contributed by atoms with Gasteiger partial charge in [-0.1, -0.05) is 18.1 Å². The number of nitrogens with zero attached hydrogens (tertiary/aromatic N) is 4. The second-order valence-electron chi connectivity index (χ2n) is 9.18. The number of para-hydroxylation sites is 1. The number of nitrogens with one attached hydrogen (secondary N) is 1. The van der Waals surface area contributed by atoms with Gasteiger partial charge in [0, 0.05) is 33.6 Å². The van der Waals surface area contributed by atoms with E-state index in [0.717, 1.165) is 5.69 Å². The summed E-state index contributed by atoms with van der Waals surface area (Å²) in [6, 6.07) is 4.78. The maximum atomic E-state index is 13.4. The molecule has 2 heterocycles. The zero-order valence-corrected chi connectivity index (χ0v) is 21.0. The molecule has 1 aromatic carbocycles. The van der Waals surface area contributed by atoms with Crippen LogP contribution in [0, 0.1) is 19.8 Å². The highest BCUT2D eigenvalue weighted by molar-refractivity contribution is 5.99. The number of carbonyl (C=O) groups excluding carboxylic acids is 2. The van der Waals surface area contributed by atoms with Gasteiger partial charge in [-0.2, -0.15) is 0 Å². The highest BCUT2D eigenvalue weighted by atomic mass is 16.5. The second-order valence-corrected chi connectivity index (χ2v) is 9.18. The molecule has 10 nitrogen and oxygen atoms in total. The Balaban J connectivity index is 1.92. The van der Waals surface area contributed by atoms with Crippen molar-refractivity contribution in [1.82, 2.24) is 15.0 Å². The van der Waals surface area contributed by atoms with Crippen molar-refractivity contribution in [3.05, 3.63) is 35.2 Å². The van der Waals surface area contributed by atoms with Crippen molar-refractivity contribution in [2.45, 2.75) is 39.8 Å². The summed E-state index contributed by atoms with van der Waals surface area (Å²) in [6.45, 7) is 7.83. The smallest absolute Gasteiger partial charge is 0.321 e. The predicted molar refractivity (Wildman–Crippen MR) is 130 cm³/mol. The van der Waals surface area contributed by atoms with Gasteiger partial charge < -0.3 is 34.4 Å². The van der Waals surface area contributed by atoms with Crippen molar-refractivity contribution in [1.29, 1.82) is 0 Å². The van der Waals surface area contributed by atoms with Crippen LogP contribution in [-0.4, -0.2) is 85.0 Å². The fraction of sp³-hybridized carbons (Fsp3) is 0.542. The van der Waals surface area contributed by atoms with Gasteiger partial charge in [0.25, 0.3) is 5.91 Å². The number of amides is 3. The molecule has 0 fully saturated rings. The van der Waals surface area contributed by atoms with Crippen LogP contribution in [0.1, 0.15) is 35.7 Å². The predicted octanol–water partition coefficient (Wildman–Crippen LogP) is 2.74. The van der Waals surface area contributed by atoms with Crippen LogP contribution in [0.25, 0.3) is 0 Å². The number of hydrogen-bond acceptors (Lipinski definition) is 7. The fourth-order valence-electron chi connectivity index (χ4n) is 4.01. The van der Waals surface area contributed by atoms with E-state index in [4.69, 9.17) is 9.26 Å². The first-order valence-corrected chi connectivity index (χ1v) is 11.4. The Bertz CT molecular complexity index is 1020. The van der Waals surface area contributed by atoms with Crippen molar-refractivity contribution in [2.24, 2.45) is 5.92 Å². The van der Waals surface area contributed by atoms with Crippen LogP contribution in [0.3, 0.4) is 0 Å². The van der Waals surface area contributed by atoms with Crippen LogP contribution in [0.2, 0.25) is 0 Å². The van der Waals surface area contributed by atoms with Crippen LogP contribution in [-0.2, 0) is 0 Å². The lowest BCUT2D eigenvalue weighted by Crippen LogP contribution is -2.50. The highest BCUT2D eigenvalue weighted by Gasteiger charge is 2.35. The van der Waals surface area contributed by atoms with Gasteiger partial charge >= 0.3 is 6.03 Å². The van der Waals surface area contributed by atoms with E-state index in [-0.39, 0.29) is 37.0 Å². The van der Waals surface area contributed by atoms with Gasteiger partial charge in [0.1, 0.15) is 17.5 Å². The van der Waals surface area contributed by atoms with Crippen molar-refractivity contribution < 1.29 is 24.0 Å². The van der Waals surface area contributed by atoms with Crippen molar-refractivity contribution in [3.63, 3.8) is 0 Å². The summed E-state index contributed by atoms with van der Waals surface area (Å²) in [7, 11) is 5.47. The molecule has 3 atom stereocenters. The Labute approximate surface area is 200 Å². The van der Waals surface area contributed by atoms with Crippen molar-refractivity contribution >= 4 is 23.3 Å². The molecule has 0 unspecified atom stereocenters. The average molecular weight is 474 g/mol. The van der Waals surface area contributed by atoms with E-state index in [1.807, 2.05) is 45.0 Å². The molecule has 0 spiro atoms. The summed E-state index contributed by atoms with van der Waals surface area (Å²) in [6.07, 6.45) is -0.401. The molecule has 2 aromatic rings. The third kappa shape index (κ3) is 5.11. The first-order chi connectivity index (χ1) is 16.0. The first-order valence-electron chi connectivity index (χ1n) is 11.4. The number of anilines is 2. The fourth-order valence-corrected chi connectivity index (χ4v) is 4.01. The normalized spacial score (nSPS) is 18.9. The zero-order valence-electron chi connectivity index (χ0n) is 21.0. The lowest BCUT2D eigenvalue weighted by atomic mass is 9.99. The van der Waals surface area contributed by atoms with Gasteiger partial charge in [-0.05, 0) is 32.9 Å². The Morgan fingerprint density at radius 2 is 2.03 bits per heavy atom. The molecule has 0 bridgehead atoms. The molecule has 0 aliphatic carbocycles. The number of aliphatic hydroxyl groups is 1. The topological polar surface area (TPSA) is 111 Å². The van der Waals surface area contributed by atoms with E-state index in [1.165, 1.54) is 0 Å². The molecular formula is C24H35N5O5. The van der Waals surface area contributed by atoms with Crippen LogP contribution in [0.15, 0.2) is 22.7 Å². The van der Waals surface area contributed by atoms with Gasteiger partial charge in [0.15, 0.2) is 11.5 Å². The van der Waals surface area contributed by atoms with Crippen molar-refractivity contribution in [2.75, 3.05) is 51.1 Å². The molecule has 3 amide bonds. The summed E-state index contributed by atoms with van der Waals surface area (Å²) in [5.41, 5.74) is 2.36. The lowest BCUT2D eigenvalue weighted by Gasteiger charge is -2.39. The number of likely N-dealkylation sites (N-methyl/N-ethyl adjacent to an activating group) is 1. The largest absolute Gasteiger partial charge is 0.485 e. The summed E-state index contributed by atoms with van der Waals surface area (Å²) in [5.74, 6) is 0.709. The number of aryl methyl sites for hydroxylation is 2. The summed E-state index contributed by atoms with van der Waals surface area (Å²) >= 11 is 0. The number of aromatic nitrogens is 1. The quantitative estimate of drug-likeness (QED) is 0.664. The molecule has 10 heteroatoms. The Hall–Kier alpha value is -3.27. The highest BCUT2D eigenvalue weighted by Crippen LogP contribution is 2.36. The number of rotatable bonds is 6. The minimum absolute atomic E-state index is 0.115.